The SMILES string of the molecule is O=C(CCNS(=O)(=O)c1ccc(Br)cc1)NCc1nnc2ccccn12. The maximum Gasteiger partial charge on any atom is 0.240 e. The molecule has 2 N–H and O–H groups in total. The number of pyridine rings is 1. The smallest absolute Gasteiger partial charge is 0.240 e. The van der Waals surface area contributed by atoms with Crippen LogP contribution >= 0.6 is 15.9 Å². The molecule has 0 atom stereocenters. The van der Waals surface area contributed by atoms with Gasteiger partial charge < -0.3 is 5.32 Å². The summed E-state index contributed by atoms with van der Waals surface area (Å²) in [5, 5.41) is 10.7. The molecule has 10 heteroatoms. The first-order valence-corrected chi connectivity index (χ1v) is 10.0. The van der Waals surface area contributed by atoms with E-state index < -0.39 is 10.0 Å². The molecule has 0 saturated heterocycles. The van der Waals surface area contributed by atoms with Gasteiger partial charge in [0, 0.05) is 23.6 Å². The van der Waals surface area contributed by atoms with E-state index in [1.165, 1.54) is 12.1 Å². The van der Waals surface area contributed by atoms with Gasteiger partial charge in [-0.2, -0.15) is 0 Å². The van der Waals surface area contributed by atoms with E-state index in [0.717, 1.165) is 4.47 Å². The van der Waals surface area contributed by atoms with Crippen LogP contribution in [0.2, 0.25) is 0 Å². The number of sulfonamides is 1. The van der Waals surface area contributed by atoms with Gasteiger partial charge in [-0.05, 0) is 36.4 Å². The predicted octanol–water partition coefficient (Wildman–Crippen LogP) is 1.48. The van der Waals surface area contributed by atoms with Crippen LogP contribution in [0.25, 0.3) is 5.65 Å². The number of rotatable bonds is 7. The van der Waals surface area contributed by atoms with Gasteiger partial charge in [0.05, 0.1) is 11.4 Å². The van der Waals surface area contributed by atoms with Crippen molar-refractivity contribution >= 4 is 37.5 Å². The van der Waals surface area contributed by atoms with Crippen LogP contribution < -0.4 is 10.0 Å². The number of hydrogen-bond acceptors (Lipinski definition) is 5. The van der Waals surface area contributed by atoms with Crippen LogP contribution in [0.4, 0.5) is 0 Å². The second-order valence-corrected chi connectivity index (χ2v) is 8.11. The Labute approximate surface area is 158 Å². The van der Waals surface area contributed by atoms with E-state index in [1.807, 2.05) is 24.4 Å². The molecule has 1 amide bonds. The Bertz CT molecular complexity index is 1020. The highest BCUT2D eigenvalue weighted by Gasteiger charge is 2.14. The molecule has 0 aliphatic rings. The number of nitrogens with one attached hydrogen (secondary N) is 2. The number of hydrogen-bond donors (Lipinski definition) is 2. The molecule has 1 aromatic carbocycles. The number of carbonyl (C=O) groups excluding carboxylic acids is 1. The summed E-state index contributed by atoms with van der Waals surface area (Å²) in [5.74, 6) is 0.320. The van der Waals surface area contributed by atoms with E-state index in [1.54, 1.807) is 16.5 Å². The Kier molecular flexibility index (Phi) is 5.64. The van der Waals surface area contributed by atoms with Crippen LogP contribution in [-0.4, -0.2) is 35.5 Å². The van der Waals surface area contributed by atoms with Crippen molar-refractivity contribution in [2.75, 3.05) is 6.54 Å². The van der Waals surface area contributed by atoms with Crippen LogP contribution in [0.1, 0.15) is 12.2 Å². The van der Waals surface area contributed by atoms with Crippen LogP contribution in [0, 0.1) is 0 Å². The van der Waals surface area contributed by atoms with Crippen molar-refractivity contribution in [3.8, 4) is 0 Å². The molecule has 0 radical (unpaired) electrons. The minimum atomic E-state index is -3.64. The fraction of sp³-hybridized carbons (Fsp3) is 0.188. The zero-order valence-electron chi connectivity index (χ0n) is 13.6. The first-order valence-electron chi connectivity index (χ1n) is 7.76. The van der Waals surface area contributed by atoms with Gasteiger partial charge in [-0.25, -0.2) is 13.1 Å². The summed E-state index contributed by atoms with van der Waals surface area (Å²) < 4.78 is 29.2. The zero-order valence-corrected chi connectivity index (χ0v) is 16.0. The minimum Gasteiger partial charge on any atom is -0.349 e. The van der Waals surface area contributed by atoms with Crippen molar-refractivity contribution in [2.24, 2.45) is 0 Å². The molecule has 0 fully saturated rings. The Morgan fingerprint density at radius 2 is 1.88 bits per heavy atom. The normalized spacial score (nSPS) is 11.6. The van der Waals surface area contributed by atoms with E-state index >= 15 is 0 Å². The van der Waals surface area contributed by atoms with Crippen molar-refractivity contribution in [3.63, 3.8) is 0 Å². The molecule has 0 aliphatic carbocycles. The Morgan fingerprint density at radius 3 is 2.65 bits per heavy atom. The summed E-state index contributed by atoms with van der Waals surface area (Å²) in [6.45, 7) is 0.217. The number of fused-ring (bicyclic) bond motifs is 1. The molecule has 0 saturated carbocycles. The molecule has 2 aromatic heterocycles. The Balaban J connectivity index is 1.49. The molecule has 0 spiro atoms. The quantitative estimate of drug-likeness (QED) is 0.582. The first-order chi connectivity index (χ1) is 12.5. The van der Waals surface area contributed by atoms with Crippen molar-refractivity contribution in [2.45, 2.75) is 17.9 Å². The number of carbonyl (C=O) groups is 1. The lowest BCUT2D eigenvalue weighted by Crippen LogP contribution is -2.31. The molecule has 136 valence electrons. The third kappa shape index (κ3) is 4.45. The summed E-state index contributed by atoms with van der Waals surface area (Å²) in [6.07, 6.45) is 1.83. The minimum absolute atomic E-state index is 0.00477. The van der Waals surface area contributed by atoms with E-state index in [4.69, 9.17) is 0 Å². The third-order valence-electron chi connectivity index (χ3n) is 3.60. The van der Waals surface area contributed by atoms with Crippen LogP contribution in [0.3, 0.4) is 0 Å². The largest absolute Gasteiger partial charge is 0.349 e. The van der Waals surface area contributed by atoms with Crippen LogP contribution in [0.5, 0.6) is 0 Å². The van der Waals surface area contributed by atoms with Crippen molar-refractivity contribution < 1.29 is 13.2 Å². The van der Waals surface area contributed by atoms with Crippen LogP contribution in [0.15, 0.2) is 58.0 Å². The van der Waals surface area contributed by atoms with Gasteiger partial charge in [0.15, 0.2) is 11.5 Å². The molecule has 3 rings (SSSR count). The fourth-order valence-corrected chi connectivity index (χ4v) is 3.57. The van der Waals surface area contributed by atoms with Gasteiger partial charge in [-0.3, -0.25) is 9.20 Å². The van der Waals surface area contributed by atoms with E-state index in [9.17, 15) is 13.2 Å². The summed E-state index contributed by atoms with van der Waals surface area (Å²) >= 11 is 3.25. The third-order valence-corrected chi connectivity index (χ3v) is 5.60. The Morgan fingerprint density at radius 1 is 1.12 bits per heavy atom. The summed E-state index contributed by atoms with van der Waals surface area (Å²) in [6, 6.07) is 11.8. The summed E-state index contributed by atoms with van der Waals surface area (Å²) in [7, 11) is -3.64. The second kappa shape index (κ2) is 7.94. The fourth-order valence-electron chi connectivity index (χ4n) is 2.27. The number of benzene rings is 1. The van der Waals surface area contributed by atoms with E-state index in [-0.39, 0.29) is 30.3 Å². The van der Waals surface area contributed by atoms with Crippen LogP contribution in [-0.2, 0) is 21.4 Å². The number of nitrogens with zero attached hydrogens (tertiary/aromatic N) is 3. The molecule has 8 nitrogen and oxygen atoms in total. The lowest BCUT2D eigenvalue weighted by atomic mass is 10.4. The van der Waals surface area contributed by atoms with Gasteiger partial charge in [-0.1, -0.05) is 22.0 Å². The molecule has 3 aromatic rings. The number of amides is 1. The van der Waals surface area contributed by atoms with Crippen molar-refractivity contribution in [3.05, 3.63) is 59.0 Å². The summed E-state index contributed by atoms with van der Waals surface area (Å²) in [4.78, 5) is 12.1. The zero-order chi connectivity index (χ0) is 18.6. The van der Waals surface area contributed by atoms with Crippen molar-refractivity contribution in [1.29, 1.82) is 0 Å². The summed E-state index contributed by atoms with van der Waals surface area (Å²) in [5.41, 5.74) is 0.694. The molecular weight excluding hydrogens is 422 g/mol. The average molecular weight is 438 g/mol. The Hall–Kier alpha value is -2.30. The predicted molar refractivity (Wildman–Crippen MR) is 98.8 cm³/mol. The van der Waals surface area contributed by atoms with E-state index in [0.29, 0.717) is 11.5 Å². The van der Waals surface area contributed by atoms with Gasteiger partial charge >= 0.3 is 0 Å². The highest BCUT2D eigenvalue weighted by molar-refractivity contribution is 9.10. The highest BCUT2D eigenvalue weighted by Crippen LogP contribution is 2.14. The first kappa shape index (κ1) is 18.5. The average Bonchev–Trinajstić information content (AvgIpc) is 3.03. The number of halogens is 1. The van der Waals surface area contributed by atoms with E-state index in [2.05, 4.69) is 36.2 Å². The molecule has 0 bridgehead atoms. The molecule has 2 heterocycles. The monoisotopic (exact) mass is 437 g/mol. The number of aromatic nitrogens is 3. The molecule has 0 aliphatic heterocycles. The molecular formula is C16H16BrN5O3S. The topological polar surface area (TPSA) is 105 Å². The van der Waals surface area contributed by atoms with Gasteiger partial charge in [-0.15, -0.1) is 10.2 Å². The maximum absolute atomic E-state index is 12.1. The van der Waals surface area contributed by atoms with Gasteiger partial charge in [0.2, 0.25) is 15.9 Å². The standard InChI is InChI=1S/C16H16BrN5O3S/c17-12-4-6-13(7-5-12)26(24,25)19-9-8-16(23)18-11-15-21-20-14-3-1-2-10-22(14)15/h1-7,10,19H,8-9,11H2,(H,18,23). The molecule has 0 unspecified atom stereocenters. The second-order valence-electron chi connectivity index (χ2n) is 5.42. The molecule has 26 heavy (non-hydrogen) atoms. The van der Waals surface area contributed by atoms with Crippen molar-refractivity contribution in [1.82, 2.24) is 24.6 Å². The van der Waals surface area contributed by atoms with Gasteiger partial charge in [0.1, 0.15) is 0 Å². The lowest BCUT2D eigenvalue weighted by molar-refractivity contribution is -0.121. The van der Waals surface area contributed by atoms with Gasteiger partial charge in [0.25, 0.3) is 0 Å². The lowest BCUT2D eigenvalue weighted by Gasteiger charge is -2.07. The maximum atomic E-state index is 12.1. The highest BCUT2D eigenvalue weighted by atomic mass is 79.9.